The number of aryl methyl sites for hydroxylation is 3. The van der Waals surface area contributed by atoms with Gasteiger partial charge in [0.15, 0.2) is 0 Å². The largest absolute Gasteiger partial charge is 0.461 e. The zero-order valence-electron chi connectivity index (χ0n) is 13.2. The molecule has 21 heavy (non-hydrogen) atoms. The smallest absolute Gasteiger partial charge is 0.220 e. The van der Waals surface area contributed by atoms with Crippen LogP contribution in [-0.2, 0) is 11.2 Å². The lowest BCUT2D eigenvalue weighted by Gasteiger charge is -2.07. The third kappa shape index (κ3) is 4.22. The lowest BCUT2D eigenvalue weighted by molar-refractivity contribution is -0.121. The van der Waals surface area contributed by atoms with Crippen LogP contribution in [0.5, 0.6) is 0 Å². The maximum Gasteiger partial charge on any atom is 0.220 e. The summed E-state index contributed by atoms with van der Waals surface area (Å²) in [5, 5.41) is 2.88. The van der Waals surface area contributed by atoms with Crippen LogP contribution in [-0.4, -0.2) is 11.9 Å². The average molecular weight is 285 g/mol. The van der Waals surface area contributed by atoms with Gasteiger partial charge in [-0.3, -0.25) is 4.79 Å². The molecule has 1 amide bonds. The van der Waals surface area contributed by atoms with Gasteiger partial charge in [-0.2, -0.15) is 0 Å². The Morgan fingerprint density at radius 2 is 1.90 bits per heavy atom. The molecule has 1 aromatic carbocycles. The number of hydrogen-bond acceptors (Lipinski definition) is 2. The van der Waals surface area contributed by atoms with Crippen molar-refractivity contribution >= 4 is 5.91 Å². The molecule has 0 bridgehead atoms. The van der Waals surface area contributed by atoms with Crippen LogP contribution in [0.3, 0.4) is 0 Å². The minimum Gasteiger partial charge on any atom is -0.461 e. The maximum absolute atomic E-state index is 11.6. The van der Waals surface area contributed by atoms with E-state index >= 15 is 0 Å². The van der Waals surface area contributed by atoms with Gasteiger partial charge in [0.1, 0.15) is 11.5 Å². The van der Waals surface area contributed by atoms with Crippen molar-refractivity contribution in [2.75, 3.05) is 0 Å². The number of nitrogens with one attached hydrogen (secondary N) is 1. The minimum atomic E-state index is 0.0640. The summed E-state index contributed by atoms with van der Waals surface area (Å²) in [6.45, 7) is 8.12. The van der Waals surface area contributed by atoms with E-state index < -0.39 is 0 Å². The fourth-order valence-electron chi connectivity index (χ4n) is 2.19. The van der Waals surface area contributed by atoms with Gasteiger partial charge in [0, 0.05) is 24.4 Å². The van der Waals surface area contributed by atoms with E-state index in [1.807, 2.05) is 26.0 Å². The van der Waals surface area contributed by atoms with Gasteiger partial charge in [0.05, 0.1) is 0 Å². The molecule has 112 valence electrons. The van der Waals surface area contributed by atoms with Crippen molar-refractivity contribution < 1.29 is 9.21 Å². The third-order valence-corrected chi connectivity index (χ3v) is 3.50. The fraction of sp³-hybridized carbons (Fsp3) is 0.389. The number of benzene rings is 1. The molecule has 1 N–H and O–H groups in total. The standard InChI is InChI=1S/C18H23NO2/c1-12(2)19-18(20)10-8-16-7-9-17(21-16)15-6-5-13(3)14(4)11-15/h5-7,9,11-12H,8,10H2,1-4H3,(H,19,20). The van der Waals surface area contributed by atoms with Crippen LogP contribution in [0, 0.1) is 13.8 Å². The monoisotopic (exact) mass is 285 g/mol. The molecule has 0 atom stereocenters. The molecular weight excluding hydrogens is 262 g/mol. The van der Waals surface area contributed by atoms with Gasteiger partial charge in [0.2, 0.25) is 5.91 Å². The zero-order valence-corrected chi connectivity index (χ0v) is 13.2. The van der Waals surface area contributed by atoms with E-state index in [1.165, 1.54) is 11.1 Å². The third-order valence-electron chi connectivity index (χ3n) is 3.50. The molecule has 2 rings (SSSR count). The zero-order chi connectivity index (χ0) is 15.4. The maximum atomic E-state index is 11.6. The predicted molar refractivity (Wildman–Crippen MR) is 85.2 cm³/mol. The number of rotatable bonds is 5. The summed E-state index contributed by atoms with van der Waals surface area (Å²) in [6.07, 6.45) is 1.08. The predicted octanol–water partition coefficient (Wildman–Crippen LogP) is 4.02. The molecule has 1 heterocycles. The number of hydrogen-bond donors (Lipinski definition) is 1. The van der Waals surface area contributed by atoms with Crippen molar-refractivity contribution in [3.05, 3.63) is 47.2 Å². The molecule has 0 saturated heterocycles. The highest BCUT2D eigenvalue weighted by molar-refractivity contribution is 5.76. The summed E-state index contributed by atoms with van der Waals surface area (Å²) < 4.78 is 5.84. The number of furan rings is 1. The number of carbonyl (C=O) groups excluding carboxylic acids is 1. The molecular formula is C18H23NO2. The molecule has 0 saturated carbocycles. The molecule has 0 aliphatic heterocycles. The summed E-state index contributed by atoms with van der Waals surface area (Å²) in [4.78, 5) is 11.6. The van der Waals surface area contributed by atoms with E-state index in [2.05, 4.69) is 37.4 Å². The van der Waals surface area contributed by atoms with Gasteiger partial charge in [-0.05, 0) is 57.0 Å². The summed E-state index contributed by atoms with van der Waals surface area (Å²) >= 11 is 0. The Balaban J connectivity index is 2.01. The topological polar surface area (TPSA) is 42.2 Å². The van der Waals surface area contributed by atoms with Crippen molar-refractivity contribution in [2.45, 2.75) is 46.6 Å². The fourth-order valence-corrected chi connectivity index (χ4v) is 2.19. The molecule has 0 aliphatic rings. The summed E-state index contributed by atoms with van der Waals surface area (Å²) in [7, 11) is 0. The number of amides is 1. The molecule has 0 fully saturated rings. The molecule has 2 aromatic rings. The lowest BCUT2D eigenvalue weighted by atomic mass is 10.1. The molecule has 3 nitrogen and oxygen atoms in total. The van der Waals surface area contributed by atoms with Gasteiger partial charge in [-0.15, -0.1) is 0 Å². The van der Waals surface area contributed by atoms with Gasteiger partial charge < -0.3 is 9.73 Å². The van der Waals surface area contributed by atoms with Crippen LogP contribution in [0.2, 0.25) is 0 Å². The minimum absolute atomic E-state index is 0.0640. The SMILES string of the molecule is Cc1ccc(-c2ccc(CCC(=O)NC(C)C)o2)cc1C. The average Bonchev–Trinajstić information content (AvgIpc) is 2.88. The first kappa shape index (κ1) is 15.4. The second-order valence-corrected chi connectivity index (χ2v) is 5.79. The van der Waals surface area contributed by atoms with Crippen LogP contribution in [0.4, 0.5) is 0 Å². The molecule has 0 aliphatic carbocycles. The first-order valence-corrected chi connectivity index (χ1v) is 7.41. The highest BCUT2D eigenvalue weighted by atomic mass is 16.3. The van der Waals surface area contributed by atoms with E-state index in [0.29, 0.717) is 12.8 Å². The lowest BCUT2D eigenvalue weighted by Crippen LogP contribution is -2.30. The second-order valence-electron chi connectivity index (χ2n) is 5.79. The van der Waals surface area contributed by atoms with Crippen molar-refractivity contribution in [1.29, 1.82) is 0 Å². The summed E-state index contributed by atoms with van der Waals surface area (Å²) in [5.74, 6) is 1.77. The van der Waals surface area contributed by atoms with Crippen molar-refractivity contribution in [2.24, 2.45) is 0 Å². The highest BCUT2D eigenvalue weighted by Gasteiger charge is 2.08. The van der Waals surface area contributed by atoms with E-state index in [0.717, 1.165) is 17.1 Å². The van der Waals surface area contributed by atoms with Crippen LogP contribution in [0.1, 0.15) is 37.2 Å². The summed E-state index contributed by atoms with van der Waals surface area (Å²) in [5.41, 5.74) is 3.61. The normalized spacial score (nSPS) is 10.9. The Morgan fingerprint density at radius 3 is 2.57 bits per heavy atom. The molecule has 0 radical (unpaired) electrons. The van der Waals surface area contributed by atoms with E-state index in [1.54, 1.807) is 0 Å². The first-order chi connectivity index (χ1) is 9.95. The Hall–Kier alpha value is -2.03. The Labute approximate surface area is 126 Å². The van der Waals surface area contributed by atoms with E-state index in [9.17, 15) is 4.79 Å². The summed E-state index contributed by atoms with van der Waals surface area (Å²) in [6, 6.07) is 10.4. The van der Waals surface area contributed by atoms with Crippen molar-refractivity contribution in [1.82, 2.24) is 5.32 Å². The molecule has 3 heteroatoms. The quantitative estimate of drug-likeness (QED) is 0.901. The molecule has 0 unspecified atom stereocenters. The van der Waals surface area contributed by atoms with Gasteiger partial charge in [-0.25, -0.2) is 0 Å². The van der Waals surface area contributed by atoms with Gasteiger partial charge in [-0.1, -0.05) is 12.1 Å². The second kappa shape index (κ2) is 6.61. The van der Waals surface area contributed by atoms with Crippen LogP contribution in [0.25, 0.3) is 11.3 Å². The van der Waals surface area contributed by atoms with Crippen molar-refractivity contribution in [3.8, 4) is 11.3 Å². The first-order valence-electron chi connectivity index (χ1n) is 7.41. The Kier molecular flexibility index (Phi) is 4.84. The number of carbonyl (C=O) groups is 1. The van der Waals surface area contributed by atoms with Gasteiger partial charge >= 0.3 is 0 Å². The van der Waals surface area contributed by atoms with Crippen LogP contribution in [0.15, 0.2) is 34.7 Å². The highest BCUT2D eigenvalue weighted by Crippen LogP contribution is 2.24. The molecule has 1 aromatic heterocycles. The molecule has 0 spiro atoms. The van der Waals surface area contributed by atoms with Crippen molar-refractivity contribution in [3.63, 3.8) is 0 Å². The van der Waals surface area contributed by atoms with Gasteiger partial charge in [0.25, 0.3) is 0 Å². The Bertz CT molecular complexity index is 626. The van der Waals surface area contributed by atoms with Crippen LogP contribution >= 0.6 is 0 Å². The van der Waals surface area contributed by atoms with Crippen LogP contribution < -0.4 is 5.32 Å². The van der Waals surface area contributed by atoms with E-state index in [-0.39, 0.29) is 11.9 Å². The van der Waals surface area contributed by atoms with E-state index in [4.69, 9.17) is 4.42 Å². The Morgan fingerprint density at radius 1 is 1.14 bits per heavy atom.